The van der Waals surface area contributed by atoms with E-state index in [2.05, 4.69) is 27.7 Å². The molecule has 4 nitrogen and oxygen atoms in total. The van der Waals surface area contributed by atoms with Crippen LogP contribution in [0.4, 0.5) is 0 Å². The minimum Gasteiger partial charge on any atom is -0.228 e. The van der Waals surface area contributed by atoms with E-state index in [4.69, 9.17) is 10.4 Å². The van der Waals surface area contributed by atoms with Gasteiger partial charge in [0.1, 0.15) is 0 Å². The lowest BCUT2D eigenvalue weighted by atomic mass is 10.1. The molecule has 0 radical (unpaired) electrons. The third kappa shape index (κ3) is 3.07. The number of hydrogen-bond acceptors (Lipinski definition) is 2. The maximum atomic E-state index is 7.47. The van der Waals surface area contributed by atoms with E-state index in [1.54, 1.807) is 0 Å². The molecule has 0 atom stereocenters. The van der Waals surface area contributed by atoms with Crippen molar-refractivity contribution in [1.82, 2.24) is 5.01 Å². The first-order chi connectivity index (χ1) is 5.43. The van der Waals surface area contributed by atoms with Crippen LogP contribution in [0.15, 0.2) is 0 Å². The smallest absolute Gasteiger partial charge is 0.219 e. The van der Waals surface area contributed by atoms with Gasteiger partial charge in [0.05, 0.1) is 12.1 Å². The summed E-state index contributed by atoms with van der Waals surface area (Å²) in [5, 5.41) is 1.87. The summed E-state index contributed by atoms with van der Waals surface area (Å²) in [5.74, 6) is 0. The monoisotopic (exact) mass is 174 g/mol. The van der Waals surface area contributed by atoms with E-state index in [-0.39, 0.29) is 5.54 Å². The van der Waals surface area contributed by atoms with Gasteiger partial charge < -0.3 is 0 Å². The number of nitrogens with zero attached hydrogens (tertiary/aromatic N) is 2. The molecule has 1 N–H and O–H groups in total. The zero-order valence-electron chi connectivity index (χ0n) is 8.72. The summed E-state index contributed by atoms with van der Waals surface area (Å²) in [6.45, 7) is 9.10. The van der Waals surface area contributed by atoms with Crippen molar-refractivity contribution in [1.29, 1.82) is 5.53 Å². The first-order valence-electron chi connectivity index (χ1n) is 4.26. The second kappa shape index (κ2) is 4.28. The lowest BCUT2D eigenvalue weighted by Gasteiger charge is -2.26. The molecule has 0 saturated carbocycles. The lowest BCUT2D eigenvalue weighted by Crippen LogP contribution is -2.47. The summed E-state index contributed by atoms with van der Waals surface area (Å²) >= 11 is 0. The number of hydrazine groups is 1. The van der Waals surface area contributed by atoms with Crippen LogP contribution in [-0.2, 0) is 4.84 Å². The van der Waals surface area contributed by atoms with Crippen molar-refractivity contribution < 1.29 is 9.81 Å². The standard InChI is InChI=1S/C8H20N3O/c1-6-7-10(8(2,3)4)11(9)12-5/h9H,6-7H2,1-5H3/q+1. The predicted octanol–water partition coefficient (Wildman–Crippen LogP) is 2.02. The third-order valence-corrected chi connectivity index (χ3v) is 1.60. The Hall–Kier alpha value is -0.800. The zero-order chi connectivity index (χ0) is 9.78. The summed E-state index contributed by atoms with van der Waals surface area (Å²) in [5.41, 5.74) is 7.41. The predicted molar refractivity (Wildman–Crippen MR) is 46.7 cm³/mol. The molecule has 0 heterocycles. The average Bonchev–Trinajstić information content (AvgIpc) is 1.96. The molecule has 0 fully saturated rings. The Morgan fingerprint density at radius 2 is 1.92 bits per heavy atom. The first-order valence-corrected chi connectivity index (χ1v) is 4.26. The maximum Gasteiger partial charge on any atom is 0.219 e. The molecule has 0 aliphatic rings. The third-order valence-electron chi connectivity index (χ3n) is 1.60. The van der Waals surface area contributed by atoms with E-state index < -0.39 is 0 Å². The average molecular weight is 174 g/mol. The Balaban J connectivity index is 4.33. The minimum absolute atomic E-state index is 0.0617. The van der Waals surface area contributed by atoms with Crippen LogP contribution in [0.5, 0.6) is 0 Å². The fourth-order valence-corrected chi connectivity index (χ4v) is 1.01. The summed E-state index contributed by atoms with van der Waals surface area (Å²) in [6.07, 6.45) is 1.01. The molecule has 12 heavy (non-hydrogen) atoms. The highest BCUT2D eigenvalue weighted by Gasteiger charge is 2.30. The van der Waals surface area contributed by atoms with Gasteiger partial charge in [0.2, 0.25) is 4.97 Å². The van der Waals surface area contributed by atoms with Gasteiger partial charge in [-0.1, -0.05) is 6.92 Å². The van der Waals surface area contributed by atoms with E-state index >= 15 is 0 Å². The van der Waals surface area contributed by atoms with E-state index in [1.165, 1.54) is 7.11 Å². The molecular weight excluding hydrogens is 154 g/mol. The van der Waals surface area contributed by atoms with Crippen LogP contribution in [0.1, 0.15) is 34.1 Å². The van der Waals surface area contributed by atoms with Crippen molar-refractivity contribution in [3.63, 3.8) is 0 Å². The molecule has 0 aliphatic heterocycles. The highest BCUT2D eigenvalue weighted by atomic mass is 16.7. The van der Waals surface area contributed by atoms with Crippen molar-refractivity contribution >= 4 is 0 Å². The van der Waals surface area contributed by atoms with Crippen LogP contribution < -0.4 is 0 Å². The molecule has 0 amide bonds. The molecule has 0 unspecified atom stereocenters. The molecule has 0 saturated heterocycles. The zero-order valence-corrected chi connectivity index (χ0v) is 8.72. The van der Waals surface area contributed by atoms with E-state index in [0.717, 1.165) is 17.9 Å². The van der Waals surface area contributed by atoms with Crippen LogP contribution in [0.2, 0.25) is 0 Å². The van der Waals surface area contributed by atoms with Gasteiger partial charge in [-0.25, -0.2) is 4.84 Å². The minimum atomic E-state index is -0.0617. The first kappa shape index (κ1) is 11.2. The fourth-order valence-electron chi connectivity index (χ4n) is 1.01. The molecule has 0 bridgehead atoms. The van der Waals surface area contributed by atoms with Crippen molar-refractivity contribution in [2.45, 2.75) is 39.7 Å². The van der Waals surface area contributed by atoms with Crippen molar-refractivity contribution in [2.75, 3.05) is 13.7 Å². The highest BCUT2D eigenvalue weighted by molar-refractivity contribution is 4.67. The van der Waals surface area contributed by atoms with Gasteiger partial charge in [0.15, 0.2) is 7.11 Å². The Kier molecular flexibility index (Phi) is 4.00. The molecule has 0 rings (SSSR count). The summed E-state index contributed by atoms with van der Waals surface area (Å²) in [4.78, 5) is 5.86. The number of nitrogens with one attached hydrogen (secondary N) is 1. The molecular formula is C8H20N3O+. The van der Waals surface area contributed by atoms with Gasteiger partial charge in [-0.2, -0.15) is 0 Å². The Bertz CT molecular complexity index is 151. The van der Waals surface area contributed by atoms with E-state index in [9.17, 15) is 0 Å². The molecule has 0 aromatic heterocycles. The second-order valence-corrected chi connectivity index (χ2v) is 3.75. The summed E-state index contributed by atoms with van der Waals surface area (Å²) < 4.78 is 0. The van der Waals surface area contributed by atoms with Crippen molar-refractivity contribution in [2.24, 2.45) is 0 Å². The van der Waals surface area contributed by atoms with Gasteiger partial charge in [-0.15, -0.1) is 5.01 Å². The topological polar surface area (TPSA) is 39.3 Å². The quantitative estimate of drug-likeness (QED) is 0.402. The van der Waals surface area contributed by atoms with Crippen LogP contribution in [0.25, 0.3) is 0 Å². The van der Waals surface area contributed by atoms with Gasteiger partial charge in [-0.05, 0) is 27.2 Å². The van der Waals surface area contributed by atoms with Crippen LogP contribution >= 0.6 is 0 Å². The van der Waals surface area contributed by atoms with Crippen LogP contribution in [0, 0.1) is 5.53 Å². The highest BCUT2D eigenvalue weighted by Crippen LogP contribution is 2.13. The molecule has 0 spiro atoms. The SMILES string of the molecule is CCCN([N+](=N)OC)C(C)(C)C. The molecule has 72 valence electrons. The van der Waals surface area contributed by atoms with Crippen LogP contribution in [-0.4, -0.2) is 29.2 Å². The molecule has 0 aromatic carbocycles. The van der Waals surface area contributed by atoms with Crippen molar-refractivity contribution in [3.05, 3.63) is 0 Å². The number of rotatable bonds is 4. The molecule has 0 aromatic rings. The maximum absolute atomic E-state index is 7.47. The van der Waals surface area contributed by atoms with Gasteiger partial charge in [0, 0.05) is 5.53 Å². The summed E-state index contributed by atoms with van der Waals surface area (Å²) in [7, 11) is 1.50. The Morgan fingerprint density at radius 3 is 2.17 bits per heavy atom. The number of hydrogen-bond donors (Lipinski definition) is 1. The fraction of sp³-hybridized carbons (Fsp3) is 1.00. The molecule has 4 heteroatoms. The van der Waals surface area contributed by atoms with Gasteiger partial charge >= 0.3 is 0 Å². The van der Waals surface area contributed by atoms with E-state index in [0.29, 0.717) is 0 Å². The van der Waals surface area contributed by atoms with Crippen LogP contribution in [0.3, 0.4) is 0 Å². The van der Waals surface area contributed by atoms with E-state index in [1.807, 2.05) is 5.01 Å². The second-order valence-electron chi connectivity index (χ2n) is 3.75. The Labute approximate surface area is 74.5 Å². The Morgan fingerprint density at radius 1 is 1.42 bits per heavy atom. The normalized spacial score (nSPS) is 11.1. The van der Waals surface area contributed by atoms with Crippen molar-refractivity contribution in [3.8, 4) is 0 Å². The molecule has 0 aliphatic carbocycles. The van der Waals surface area contributed by atoms with Gasteiger partial charge in [-0.3, -0.25) is 0 Å². The lowest BCUT2D eigenvalue weighted by molar-refractivity contribution is -0.954. The summed E-state index contributed by atoms with van der Waals surface area (Å²) in [6, 6.07) is 0. The van der Waals surface area contributed by atoms with Gasteiger partial charge in [0.25, 0.3) is 0 Å². The largest absolute Gasteiger partial charge is 0.228 e.